The van der Waals surface area contributed by atoms with E-state index in [0.29, 0.717) is 0 Å². The third kappa shape index (κ3) is 3.74. The van der Waals surface area contributed by atoms with Crippen LogP contribution in [0.2, 0.25) is 0 Å². The quantitative estimate of drug-likeness (QED) is 0.292. The molecule has 0 atom stereocenters. The van der Waals surface area contributed by atoms with E-state index in [4.69, 9.17) is 4.74 Å². The van der Waals surface area contributed by atoms with E-state index >= 15 is 0 Å². The highest BCUT2D eigenvalue weighted by Gasteiger charge is 2.33. The molecule has 0 aliphatic heterocycles. The number of ketones is 2. The van der Waals surface area contributed by atoms with Crippen LogP contribution in [0, 0.1) is 10.1 Å². The average molecular weight is 430 g/mol. The Morgan fingerprint density at radius 1 is 0.875 bits per heavy atom. The Bertz CT molecular complexity index is 1310. The number of nitrogens with zero attached hydrogens (tertiary/aromatic N) is 1. The van der Waals surface area contributed by atoms with Gasteiger partial charge in [-0.05, 0) is 12.1 Å². The molecule has 0 unspecified atom stereocenters. The number of hydrogen-bond acceptors (Lipinski definition) is 7. The van der Waals surface area contributed by atoms with Crippen molar-refractivity contribution in [2.75, 3.05) is 11.9 Å². The molecule has 0 aromatic heterocycles. The number of ether oxygens (including phenoxy) is 1. The lowest BCUT2D eigenvalue weighted by Gasteiger charge is -2.19. The summed E-state index contributed by atoms with van der Waals surface area (Å²) in [6, 6.07) is 15.8. The Balaban J connectivity index is 1.51. The second-order valence-corrected chi connectivity index (χ2v) is 6.86. The summed E-state index contributed by atoms with van der Waals surface area (Å²) < 4.78 is 5.03. The molecule has 0 bridgehead atoms. The summed E-state index contributed by atoms with van der Waals surface area (Å²) in [6.45, 7) is -0.691. The lowest BCUT2D eigenvalue weighted by molar-refractivity contribution is -0.384. The van der Waals surface area contributed by atoms with Crippen molar-refractivity contribution in [3.8, 4) is 0 Å². The number of esters is 1. The van der Waals surface area contributed by atoms with Gasteiger partial charge in [0.05, 0.1) is 10.5 Å². The number of hydrogen-bond donors (Lipinski definition) is 1. The smallest absolute Gasteiger partial charge is 0.339 e. The highest BCUT2D eigenvalue weighted by Crippen LogP contribution is 2.29. The zero-order valence-corrected chi connectivity index (χ0v) is 16.4. The largest absolute Gasteiger partial charge is 0.452 e. The molecule has 1 N–H and O–H groups in total. The van der Waals surface area contributed by atoms with Gasteiger partial charge in [-0.3, -0.25) is 24.5 Å². The first-order valence-corrected chi connectivity index (χ1v) is 9.39. The monoisotopic (exact) mass is 430 g/mol. The summed E-state index contributed by atoms with van der Waals surface area (Å²) in [7, 11) is 0. The molecule has 9 heteroatoms. The first-order chi connectivity index (χ1) is 15.4. The predicted octanol–water partition coefficient (Wildman–Crippen LogP) is 3.17. The van der Waals surface area contributed by atoms with E-state index < -0.39 is 29.2 Å². The summed E-state index contributed by atoms with van der Waals surface area (Å²) in [5, 5.41) is 13.2. The Labute approximate surface area is 180 Å². The first kappa shape index (κ1) is 20.6. The summed E-state index contributed by atoms with van der Waals surface area (Å²) in [5.41, 5.74) is 0.289. The van der Waals surface area contributed by atoms with E-state index in [-0.39, 0.29) is 45.0 Å². The van der Waals surface area contributed by atoms with Crippen molar-refractivity contribution in [2.24, 2.45) is 0 Å². The van der Waals surface area contributed by atoms with Gasteiger partial charge in [0.1, 0.15) is 0 Å². The molecule has 1 aliphatic rings. The van der Waals surface area contributed by atoms with E-state index in [0.717, 1.165) is 6.07 Å². The summed E-state index contributed by atoms with van der Waals surface area (Å²) in [5.74, 6) is -2.54. The van der Waals surface area contributed by atoms with Crippen molar-refractivity contribution >= 4 is 34.8 Å². The van der Waals surface area contributed by atoms with Crippen LogP contribution in [-0.2, 0) is 9.53 Å². The molecule has 0 fully saturated rings. The molecule has 0 heterocycles. The molecule has 3 aromatic carbocycles. The van der Waals surface area contributed by atoms with Crippen LogP contribution in [0.3, 0.4) is 0 Å². The van der Waals surface area contributed by atoms with Gasteiger partial charge in [-0.2, -0.15) is 0 Å². The highest BCUT2D eigenvalue weighted by atomic mass is 16.6. The number of amides is 1. The molecule has 0 radical (unpaired) electrons. The minimum atomic E-state index is -0.948. The normalized spacial score (nSPS) is 11.9. The maximum absolute atomic E-state index is 13.0. The minimum absolute atomic E-state index is 0.0692. The van der Waals surface area contributed by atoms with Crippen molar-refractivity contribution in [1.29, 1.82) is 0 Å². The van der Waals surface area contributed by atoms with Crippen molar-refractivity contribution in [3.63, 3.8) is 0 Å². The van der Waals surface area contributed by atoms with Gasteiger partial charge in [-0.25, -0.2) is 4.79 Å². The van der Waals surface area contributed by atoms with Gasteiger partial charge >= 0.3 is 5.97 Å². The zero-order valence-electron chi connectivity index (χ0n) is 16.4. The average Bonchev–Trinajstić information content (AvgIpc) is 2.80. The maximum Gasteiger partial charge on any atom is 0.339 e. The fourth-order valence-corrected chi connectivity index (χ4v) is 3.42. The number of nitrogens with one attached hydrogen (secondary N) is 1. The zero-order chi connectivity index (χ0) is 22.8. The predicted molar refractivity (Wildman–Crippen MR) is 112 cm³/mol. The Morgan fingerprint density at radius 3 is 2.25 bits per heavy atom. The van der Waals surface area contributed by atoms with Gasteiger partial charge in [-0.1, -0.05) is 42.5 Å². The van der Waals surface area contributed by atoms with Crippen LogP contribution >= 0.6 is 0 Å². The minimum Gasteiger partial charge on any atom is -0.452 e. The van der Waals surface area contributed by atoms with E-state index in [1.807, 2.05) is 0 Å². The van der Waals surface area contributed by atoms with Crippen LogP contribution < -0.4 is 5.32 Å². The van der Waals surface area contributed by atoms with Crippen molar-refractivity contribution in [1.82, 2.24) is 0 Å². The number of nitro benzene ring substituents is 1. The number of rotatable bonds is 5. The second-order valence-electron chi connectivity index (χ2n) is 6.86. The van der Waals surface area contributed by atoms with Crippen LogP contribution in [0.25, 0.3) is 0 Å². The van der Waals surface area contributed by atoms with Gasteiger partial charge in [0, 0.05) is 40.1 Å². The molecule has 1 aliphatic carbocycles. The van der Waals surface area contributed by atoms with E-state index in [1.54, 1.807) is 18.2 Å². The van der Waals surface area contributed by atoms with Crippen molar-refractivity contribution in [2.45, 2.75) is 0 Å². The van der Waals surface area contributed by atoms with Gasteiger partial charge in [0.15, 0.2) is 18.2 Å². The van der Waals surface area contributed by atoms with Crippen LogP contribution in [0.15, 0.2) is 66.7 Å². The lowest BCUT2D eigenvalue weighted by Crippen LogP contribution is -2.26. The molecule has 0 saturated carbocycles. The van der Waals surface area contributed by atoms with Crippen molar-refractivity contribution < 1.29 is 28.8 Å². The molecule has 3 aromatic rings. The van der Waals surface area contributed by atoms with Gasteiger partial charge in [0.2, 0.25) is 0 Å². The molecular weight excluding hydrogens is 416 g/mol. The molecule has 158 valence electrons. The summed E-state index contributed by atoms with van der Waals surface area (Å²) in [4.78, 5) is 60.7. The number of carbonyl (C=O) groups is 4. The third-order valence-corrected chi connectivity index (χ3v) is 4.85. The standard InChI is InChI=1S/C23H14N2O7/c26-19(24-13-5-3-6-14(11-13)25(30)31)12-32-23(29)18-10-4-9-17-20(18)22(28)16-8-2-1-7-15(16)21(17)27/h1-11H,12H2,(H,24,26). The molecule has 32 heavy (non-hydrogen) atoms. The maximum atomic E-state index is 13.0. The van der Waals surface area contributed by atoms with E-state index in [1.165, 1.54) is 42.5 Å². The number of nitro groups is 1. The molecule has 1 amide bonds. The number of non-ortho nitro benzene ring substituents is 1. The molecule has 0 spiro atoms. The van der Waals surface area contributed by atoms with Gasteiger partial charge < -0.3 is 10.1 Å². The van der Waals surface area contributed by atoms with Crippen LogP contribution in [0.4, 0.5) is 11.4 Å². The second kappa shape index (κ2) is 8.23. The van der Waals surface area contributed by atoms with Crippen molar-refractivity contribution in [3.05, 3.63) is 105 Å². The first-order valence-electron chi connectivity index (χ1n) is 9.39. The number of anilines is 1. The molecule has 4 rings (SSSR count). The Kier molecular flexibility index (Phi) is 5.30. The Morgan fingerprint density at radius 2 is 1.53 bits per heavy atom. The molecular formula is C23H14N2O7. The highest BCUT2D eigenvalue weighted by molar-refractivity contribution is 6.30. The van der Waals surface area contributed by atoms with Gasteiger partial charge in [-0.15, -0.1) is 0 Å². The number of benzene rings is 3. The SMILES string of the molecule is O=C(COC(=O)c1cccc2c1C(=O)c1ccccc1C2=O)Nc1cccc([N+](=O)[O-])c1. The number of carbonyl (C=O) groups excluding carboxylic acids is 4. The summed E-state index contributed by atoms with van der Waals surface area (Å²) in [6.07, 6.45) is 0. The van der Waals surface area contributed by atoms with Crippen LogP contribution in [0.1, 0.15) is 42.2 Å². The lowest BCUT2D eigenvalue weighted by atomic mass is 9.82. The molecule has 9 nitrogen and oxygen atoms in total. The van der Waals surface area contributed by atoms with Crippen LogP contribution in [-0.4, -0.2) is 35.0 Å². The van der Waals surface area contributed by atoms with Gasteiger partial charge in [0.25, 0.3) is 11.6 Å². The molecule has 0 saturated heterocycles. The third-order valence-electron chi connectivity index (χ3n) is 4.85. The van der Waals surface area contributed by atoms with E-state index in [9.17, 15) is 29.3 Å². The summed E-state index contributed by atoms with van der Waals surface area (Å²) >= 11 is 0. The topological polar surface area (TPSA) is 133 Å². The fourth-order valence-electron chi connectivity index (χ4n) is 3.42. The van der Waals surface area contributed by atoms with Crippen LogP contribution in [0.5, 0.6) is 0 Å². The Hall–Kier alpha value is -4.66. The number of fused-ring (bicyclic) bond motifs is 2. The fraction of sp³-hybridized carbons (Fsp3) is 0.0435. The van der Waals surface area contributed by atoms with E-state index in [2.05, 4.69) is 5.32 Å².